The van der Waals surface area contributed by atoms with E-state index in [1.165, 1.54) is 11.3 Å². The zero-order valence-electron chi connectivity index (χ0n) is 10.8. The minimum absolute atomic E-state index is 0.134. The van der Waals surface area contributed by atoms with Crippen LogP contribution in [0.2, 0.25) is 5.02 Å². The van der Waals surface area contributed by atoms with Gasteiger partial charge in [-0.05, 0) is 18.2 Å². The SMILES string of the molecule is O=S(=O)(NCCNCc1cscn1)c1ccc(F)cc1Cl. The molecule has 2 rings (SSSR count). The highest BCUT2D eigenvalue weighted by atomic mass is 35.5. The lowest BCUT2D eigenvalue weighted by Crippen LogP contribution is -2.31. The van der Waals surface area contributed by atoms with E-state index < -0.39 is 15.8 Å². The Kier molecular flexibility index (Phi) is 5.65. The highest BCUT2D eigenvalue weighted by Crippen LogP contribution is 2.21. The van der Waals surface area contributed by atoms with E-state index in [9.17, 15) is 12.8 Å². The van der Waals surface area contributed by atoms with E-state index >= 15 is 0 Å². The van der Waals surface area contributed by atoms with Crippen molar-refractivity contribution in [3.05, 3.63) is 45.6 Å². The molecular formula is C12H13ClFN3O2S2. The lowest BCUT2D eigenvalue weighted by Gasteiger charge is -2.08. The highest BCUT2D eigenvalue weighted by molar-refractivity contribution is 7.89. The van der Waals surface area contributed by atoms with Crippen molar-refractivity contribution in [2.45, 2.75) is 11.4 Å². The van der Waals surface area contributed by atoms with Gasteiger partial charge in [-0.1, -0.05) is 11.6 Å². The van der Waals surface area contributed by atoms with Gasteiger partial charge in [-0.25, -0.2) is 22.5 Å². The molecule has 0 saturated carbocycles. The molecule has 1 heterocycles. The van der Waals surface area contributed by atoms with Crippen LogP contribution >= 0.6 is 22.9 Å². The summed E-state index contributed by atoms with van der Waals surface area (Å²) >= 11 is 7.24. The number of nitrogens with one attached hydrogen (secondary N) is 2. The number of halogens is 2. The third-order valence-electron chi connectivity index (χ3n) is 2.57. The lowest BCUT2D eigenvalue weighted by molar-refractivity contribution is 0.574. The molecule has 0 aliphatic rings. The molecule has 1 aromatic carbocycles. The summed E-state index contributed by atoms with van der Waals surface area (Å²) in [5.41, 5.74) is 2.64. The minimum atomic E-state index is -3.74. The fraction of sp³-hybridized carbons (Fsp3) is 0.250. The summed E-state index contributed by atoms with van der Waals surface area (Å²) < 4.78 is 39.3. The third kappa shape index (κ3) is 4.72. The molecule has 0 aliphatic heterocycles. The Morgan fingerprint density at radius 2 is 2.14 bits per heavy atom. The standard InChI is InChI=1S/C12H13ClFN3O2S2/c13-11-5-9(14)1-2-12(11)21(18,19)17-4-3-15-6-10-7-20-8-16-10/h1-2,5,7-8,15,17H,3-4,6H2. The van der Waals surface area contributed by atoms with Crippen LogP contribution in [-0.4, -0.2) is 26.5 Å². The topological polar surface area (TPSA) is 71.1 Å². The summed E-state index contributed by atoms with van der Waals surface area (Å²) in [6.07, 6.45) is 0. The normalized spacial score (nSPS) is 11.7. The van der Waals surface area contributed by atoms with Crippen LogP contribution in [0, 0.1) is 5.82 Å². The monoisotopic (exact) mass is 349 g/mol. The van der Waals surface area contributed by atoms with Crippen molar-refractivity contribution in [3.63, 3.8) is 0 Å². The van der Waals surface area contributed by atoms with E-state index in [2.05, 4.69) is 15.0 Å². The molecule has 0 bridgehead atoms. The van der Waals surface area contributed by atoms with E-state index in [4.69, 9.17) is 11.6 Å². The van der Waals surface area contributed by atoms with Crippen LogP contribution in [0.4, 0.5) is 4.39 Å². The summed E-state index contributed by atoms with van der Waals surface area (Å²) in [7, 11) is -3.74. The van der Waals surface area contributed by atoms with Gasteiger partial charge in [-0.15, -0.1) is 11.3 Å². The molecule has 114 valence electrons. The average Bonchev–Trinajstić information content (AvgIpc) is 2.91. The van der Waals surface area contributed by atoms with Gasteiger partial charge < -0.3 is 5.32 Å². The molecule has 0 fully saturated rings. The first-order valence-electron chi connectivity index (χ1n) is 6.01. The maximum atomic E-state index is 12.9. The first-order valence-corrected chi connectivity index (χ1v) is 8.82. The molecule has 0 saturated heterocycles. The minimum Gasteiger partial charge on any atom is -0.310 e. The van der Waals surface area contributed by atoms with Crippen LogP contribution < -0.4 is 10.0 Å². The van der Waals surface area contributed by atoms with Crippen LogP contribution in [0.1, 0.15) is 5.69 Å². The average molecular weight is 350 g/mol. The molecule has 5 nitrogen and oxygen atoms in total. The number of nitrogens with zero attached hydrogens (tertiary/aromatic N) is 1. The van der Waals surface area contributed by atoms with Crippen LogP contribution in [0.5, 0.6) is 0 Å². The van der Waals surface area contributed by atoms with Crippen molar-refractivity contribution in [3.8, 4) is 0 Å². The van der Waals surface area contributed by atoms with Crippen LogP contribution in [-0.2, 0) is 16.6 Å². The molecule has 0 amide bonds. The van der Waals surface area contributed by atoms with Gasteiger partial charge in [-0.3, -0.25) is 0 Å². The second-order valence-corrected chi connectivity index (χ2v) is 6.99. The summed E-state index contributed by atoms with van der Waals surface area (Å²) in [5, 5.41) is 4.83. The molecule has 0 radical (unpaired) electrons. The van der Waals surface area contributed by atoms with Crippen molar-refractivity contribution in [2.75, 3.05) is 13.1 Å². The maximum Gasteiger partial charge on any atom is 0.242 e. The Morgan fingerprint density at radius 3 is 2.81 bits per heavy atom. The third-order valence-corrected chi connectivity index (χ3v) is 5.15. The number of benzene rings is 1. The van der Waals surface area contributed by atoms with E-state index in [0.29, 0.717) is 13.1 Å². The maximum absolute atomic E-state index is 12.9. The van der Waals surface area contributed by atoms with E-state index in [0.717, 1.165) is 23.9 Å². The quantitative estimate of drug-likeness (QED) is 0.750. The largest absolute Gasteiger partial charge is 0.310 e. The van der Waals surface area contributed by atoms with Gasteiger partial charge in [-0.2, -0.15) is 0 Å². The van der Waals surface area contributed by atoms with Gasteiger partial charge in [0.1, 0.15) is 10.7 Å². The van der Waals surface area contributed by atoms with Crippen molar-refractivity contribution < 1.29 is 12.8 Å². The molecular weight excluding hydrogens is 337 g/mol. The van der Waals surface area contributed by atoms with Crippen LogP contribution in [0.3, 0.4) is 0 Å². The fourth-order valence-corrected chi connectivity index (χ4v) is 3.71. The number of hydrogen-bond acceptors (Lipinski definition) is 5. The van der Waals surface area contributed by atoms with Crippen LogP contribution in [0.15, 0.2) is 34.0 Å². The van der Waals surface area contributed by atoms with Crippen molar-refractivity contribution in [1.29, 1.82) is 0 Å². The van der Waals surface area contributed by atoms with E-state index in [-0.39, 0.29) is 16.5 Å². The lowest BCUT2D eigenvalue weighted by atomic mass is 10.3. The van der Waals surface area contributed by atoms with Crippen molar-refractivity contribution in [1.82, 2.24) is 15.0 Å². The summed E-state index contributed by atoms with van der Waals surface area (Å²) in [4.78, 5) is 3.96. The smallest absolute Gasteiger partial charge is 0.242 e. The first kappa shape index (κ1) is 16.3. The van der Waals surface area contributed by atoms with Gasteiger partial charge in [0, 0.05) is 25.0 Å². The molecule has 1 aromatic heterocycles. The van der Waals surface area contributed by atoms with Gasteiger partial charge in [0.15, 0.2) is 0 Å². The molecule has 0 atom stereocenters. The van der Waals surface area contributed by atoms with E-state index in [1.807, 2.05) is 5.38 Å². The van der Waals surface area contributed by atoms with Gasteiger partial charge in [0.25, 0.3) is 0 Å². The summed E-state index contributed by atoms with van der Waals surface area (Å²) in [5.74, 6) is -0.580. The number of hydrogen-bond donors (Lipinski definition) is 2. The number of rotatable bonds is 7. The Balaban J connectivity index is 1.84. The zero-order valence-corrected chi connectivity index (χ0v) is 13.2. The van der Waals surface area contributed by atoms with Gasteiger partial charge in [0.2, 0.25) is 10.0 Å². The zero-order chi connectivity index (χ0) is 15.3. The number of aromatic nitrogens is 1. The second-order valence-electron chi connectivity index (χ2n) is 4.13. The van der Waals surface area contributed by atoms with Crippen molar-refractivity contribution >= 4 is 33.0 Å². The van der Waals surface area contributed by atoms with Gasteiger partial charge >= 0.3 is 0 Å². The van der Waals surface area contributed by atoms with Crippen molar-refractivity contribution in [2.24, 2.45) is 0 Å². The van der Waals surface area contributed by atoms with Crippen LogP contribution in [0.25, 0.3) is 0 Å². The molecule has 0 aliphatic carbocycles. The van der Waals surface area contributed by atoms with E-state index in [1.54, 1.807) is 5.51 Å². The first-order chi connectivity index (χ1) is 9.99. The summed E-state index contributed by atoms with van der Waals surface area (Å²) in [6.45, 7) is 1.21. The fourth-order valence-electron chi connectivity index (χ4n) is 1.59. The molecule has 0 spiro atoms. The Morgan fingerprint density at radius 1 is 1.33 bits per heavy atom. The molecule has 21 heavy (non-hydrogen) atoms. The second kappa shape index (κ2) is 7.28. The predicted octanol–water partition coefficient (Wildman–Crippen LogP) is 2.00. The van der Waals surface area contributed by atoms with Gasteiger partial charge in [0.05, 0.1) is 16.2 Å². The summed E-state index contributed by atoms with van der Waals surface area (Å²) in [6, 6.07) is 3.17. The Hall–Kier alpha value is -1.06. The highest BCUT2D eigenvalue weighted by Gasteiger charge is 2.17. The number of sulfonamides is 1. The molecule has 0 unspecified atom stereocenters. The molecule has 2 aromatic rings. The Labute approximate surface area is 131 Å². The number of thiazole rings is 1. The predicted molar refractivity (Wildman–Crippen MR) is 80.4 cm³/mol. The molecule has 2 N–H and O–H groups in total. The molecule has 9 heteroatoms. The Bertz CT molecular complexity index is 693.